The van der Waals surface area contributed by atoms with Crippen LogP contribution in [0.3, 0.4) is 0 Å². The quantitative estimate of drug-likeness (QED) is 0.393. The van der Waals surface area contributed by atoms with Gasteiger partial charge in [-0.05, 0) is 0 Å². The molecule has 5 heteroatoms. The molecule has 144 valence electrons. The Hall–Kier alpha value is 0.501. The van der Waals surface area contributed by atoms with Crippen LogP contribution in [0.15, 0.2) is 47.1 Å². The molecule has 0 heterocycles. The molecule has 0 radical (unpaired) electrons. The molecule has 0 saturated carbocycles. The molecule has 0 aliphatic heterocycles. The molecule has 0 N–H and O–H groups in total. The second kappa shape index (κ2) is 12.9. The molecule has 26 heavy (non-hydrogen) atoms. The number of rotatable bonds is 7. The third-order valence-corrected chi connectivity index (χ3v) is 11.5. The molecule has 0 fully saturated rings. The third-order valence-electron chi connectivity index (χ3n) is 5.62. The summed E-state index contributed by atoms with van der Waals surface area (Å²) in [7, 11) is -0.677. The minimum atomic E-state index is -0.677. The maximum absolute atomic E-state index is 2.52. The average molecular weight is 466 g/mol. The smallest absolute Gasteiger partial charge is 1.00 e. The van der Waals surface area contributed by atoms with Gasteiger partial charge in [0.25, 0.3) is 0 Å². The molecule has 0 nitrogen and oxygen atoms in total. The van der Waals surface area contributed by atoms with Crippen LogP contribution in [0.25, 0.3) is 5.57 Å². The Bertz CT molecular complexity index is 607. The van der Waals surface area contributed by atoms with Gasteiger partial charge in [0.1, 0.15) is 0 Å². The Morgan fingerprint density at radius 2 is 1.35 bits per heavy atom. The van der Waals surface area contributed by atoms with Crippen LogP contribution in [-0.2, 0) is 20.4 Å². The van der Waals surface area contributed by atoms with Crippen LogP contribution in [0.5, 0.6) is 0 Å². The molecule has 0 saturated heterocycles. The van der Waals surface area contributed by atoms with Gasteiger partial charge in [0, 0.05) is 0 Å². The van der Waals surface area contributed by atoms with Crippen molar-refractivity contribution in [3.05, 3.63) is 52.6 Å². The van der Waals surface area contributed by atoms with E-state index < -0.39 is 8.80 Å². The zero-order valence-corrected chi connectivity index (χ0v) is 21.6. The molecule has 1 atom stereocenters. The van der Waals surface area contributed by atoms with Crippen molar-refractivity contribution in [3.8, 4) is 0 Å². The summed E-state index contributed by atoms with van der Waals surface area (Å²) in [5.41, 5.74) is 7.73. The fourth-order valence-corrected chi connectivity index (χ4v) is 10.1. The largest absolute Gasteiger partial charge is 1.00 e. The number of benzene rings is 1. The van der Waals surface area contributed by atoms with Crippen LogP contribution in [0.2, 0.25) is 21.9 Å². The number of hydrogen-bond donors (Lipinski definition) is 0. The first kappa shape index (κ1) is 28.7. The van der Waals surface area contributed by atoms with Crippen LogP contribution in [0, 0.1) is 0 Å². The molecule has 0 spiro atoms. The van der Waals surface area contributed by atoms with Gasteiger partial charge < -0.3 is 37.2 Å². The van der Waals surface area contributed by atoms with E-state index in [9.17, 15) is 0 Å². The molecule has 1 unspecified atom stereocenters. The summed E-state index contributed by atoms with van der Waals surface area (Å²) in [6, 6.07) is 15.5. The predicted octanol–water partition coefficient (Wildman–Crippen LogP) is -2.43. The fraction of sp³-hybridized carbons (Fsp3) is 0.524. The van der Waals surface area contributed by atoms with Crippen LogP contribution >= 0.6 is 0 Å². The summed E-state index contributed by atoms with van der Waals surface area (Å²) >= 11 is 2.52. The molecule has 1 aliphatic carbocycles. The van der Waals surface area contributed by atoms with E-state index in [0.717, 1.165) is 0 Å². The Balaban J connectivity index is 0. The van der Waals surface area contributed by atoms with E-state index in [1.807, 2.05) is 0 Å². The van der Waals surface area contributed by atoms with Gasteiger partial charge in [-0.15, -0.1) is 0 Å². The number of allylic oxidation sites excluding steroid dienone is 4. The normalized spacial score (nSPS) is 19.2. The first-order chi connectivity index (χ1) is 11.0. The molecule has 0 bridgehead atoms. The van der Waals surface area contributed by atoms with Gasteiger partial charge >= 0.3 is 157 Å². The molecule has 2 rings (SSSR count). The minimum Gasteiger partial charge on any atom is -1.00 e. The van der Waals surface area contributed by atoms with Crippen LogP contribution in [0.4, 0.5) is 0 Å². The average Bonchev–Trinajstić information content (AvgIpc) is 2.70. The van der Waals surface area contributed by atoms with Gasteiger partial charge in [0.15, 0.2) is 0 Å². The van der Waals surface area contributed by atoms with Crippen LogP contribution < -0.4 is 37.2 Å². The summed E-state index contributed by atoms with van der Waals surface area (Å²) in [6.45, 7) is 11.8. The second-order valence-corrected chi connectivity index (χ2v) is 11.8. The monoisotopic (exact) mass is 464 g/mol. The van der Waals surface area contributed by atoms with Gasteiger partial charge in [0.2, 0.25) is 0 Å². The summed E-state index contributed by atoms with van der Waals surface area (Å²) in [4.78, 5) is 0. The molecule has 0 amide bonds. The van der Waals surface area contributed by atoms with Crippen molar-refractivity contribution in [1.82, 2.24) is 0 Å². The van der Waals surface area contributed by atoms with E-state index in [-0.39, 0.29) is 40.9 Å². The Morgan fingerprint density at radius 3 is 1.81 bits per heavy atom. The first-order valence-corrected chi connectivity index (χ1v) is 12.4. The molecule has 0 aromatic heterocycles. The van der Waals surface area contributed by atoms with E-state index in [2.05, 4.69) is 85.4 Å². The van der Waals surface area contributed by atoms with Crippen molar-refractivity contribution < 1.29 is 57.7 Å². The van der Waals surface area contributed by atoms with Crippen molar-refractivity contribution >= 4 is 14.4 Å². The topological polar surface area (TPSA) is 0 Å². The van der Waals surface area contributed by atoms with Crippen LogP contribution in [-0.4, -0.2) is 8.80 Å². The predicted molar refractivity (Wildman–Crippen MR) is 102 cm³/mol. The molecular formula is C21H31Cl3SiTi. The molecule has 1 aromatic rings. The van der Waals surface area contributed by atoms with Gasteiger partial charge in [-0.2, -0.15) is 0 Å². The molecular weight excluding hydrogens is 435 g/mol. The van der Waals surface area contributed by atoms with Crippen molar-refractivity contribution in [2.75, 3.05) is 0 Å². The third kappa shape index (κ3) is 6.00. The van der Waals surface area contributed by atoms with Gasteiger partial charge in [-0.1, -0.05) is 0 Å². The molecule has 1 aliphatic rings. The minimum absolute atomic E-state index is 0. The number of hydrogen-bond acceptors (Lipinski definition) is 0. The summed E-state index contributed by atoms with van der Waals surface area (Å²) in [5.74, 6) is 0. The van der Waals surface area contributed by atoms with E-state index in [0.29, 0.717) is 0 Å². The Labute approximate surface area is 192 Å². The Kier molecular flexibility index (Phi) is 14.2. The zero-order chi connectivity index (χ0) is 17.0. The van der Waals surface area contributed by atoms with Crippen LogP contribution in [0.1, 0.15) is 53.0 Å². The van der Waals surface area contributed by atoms with E-state index in [1.165, 1.54) is 47.7 Å². The summed E-state index contributed by atoms with van der Waals surface area (Å²) in [6.07, 6.45) is 2.72. The fourth-order valence-electron chi connectivity index (χ4n) is 4.22. The van der Waals surface area contributed by atoms with Crippen molar-refractivity contribution in [2.45, 2.75) is 69.3 Å². The Morgan fingerprint density at radius 1 is 0.846 bits per heavy atom. The van der Waals surface area contributed by atoms with Gasteiger partial charge in [-0.3, -0.25) is 0 Å². The summed E-state index contributed by atoms with van der Waals surface area (Å²) in [5, 5.41) is 0. The number of halogens is 3. The van der Waals surface area contributed by atoms with E-state index >= 15 is 0 Å². The molecule has 1 aromatic carbocycles. The van der Waals surface area contributed by atoms with E-state index in [4.69, 9.17) is 0 Å². The first-order valence-electron chi connectivity index (χ1n) is 9.15. The maximum Gasteiger partial charge on any atom is -1.00 e. The SMILES string of the molecule is CCC[SiH](CCC)C[C]1([Ti+3])C(C)=C(C)C(C)=C1c1ccccc1.[Cl-].[Cl-].[Cl-]. The maximum atomic E-state index is 2.52. The zero-order valence-electron chi connectivity index (χ0n) is 16.6. The van der Waals surface area contributed by atoms with Crippen molar-refractivity contribution in [3.63, 3.8) is 0 Å². The van der Waals surface area contributed by atoms with Crippen molar-refractivity contribution in [2.24, 2.45) is 0 Å². The summed E-state index contributed by atoms with van der Waals surface area (Å²) < 4.78 is 0.261. The van der Waals surface area contributed by atoms with Gasteiger partial charge in [0.05, 0.1) is 0 Å². The van der Waals surface area contributed by atoms with Gasteiger partial charge in [-0.25, -0.2) is 0 Å². The second-order valence-electron chi connectivity index (χ2n) is 7.17. The van der Waals surface area contributed by atoms with E-state index in [1.54, 1.807) is 11.1 Å². The van der Waals surface area contributed by atoms with Crippen molar-refractivity contribution in [1.29, 1.82) is 0 Å². The standard InChI is InChI=1S/C21H31Si.3ClH.Ti/c1-6-13-22(14-7-2)15-20-17(4)16(3)18(5)21(20)19-11-9-8-10-12-19;;;;/h8-12,22H,6-7,13-15H2,1-5H3;3*1H;/q;;;;+3/p-3.